The molecule has 1 rings (SSSR count). The van der Waals surface area contributed by atoms with Crippen LogP contribution in [0.5, 0.6) is 0 Å². The van der Waals surface area contributed by atoms with Crippen molar-refractivity contribution >= 4 is 22.4 Å². The van der Waals surface area contributed by atoms with E-state index in [0.29, 0.717) is 5.75 Å². The Kier molecular flexibility index (Phi) is 6.19. The van der Waals surface area contributed by atoms with Crippen LogP contribution in [0.4, 0.5) is 18.9 Å². The average molecular weight is 322 g/mol. The van der Waals surface area contributed by atoms with E-state index in [2.05, 4.69) is 10.6 Å². The molecule has 0 aliphatic carbocycles. The van der Waals surface area contributed by atoms with Gasteiger partial charge in [0.05, 0.1) is 5.56 Å². The molecule has 0 bridgehead atoms. The van der Waals surface area contributed by atoms with Crippen LogP contribution in [0.2, 0.25) is 0 Å². The van der Waals surface area contributed by atoms with Crippen molar-refractivity contribution in [1.82, 2.24) is 5.32 Å². The molecule has 1 amide bonds. The van der Waals surface area contributed by atoms with Gasteiger partial charge >= 0.3 is 6.18 Å². The van der Waals surface area contributed by atoms with E-state index < -0.39 is 28.4 Å². The monoisotopic (exact) mass is 322 g/mol. The van der Waals surface area contributed by atoms with Gasteiger partial charge in [-0.15, -0.1) is 0 Å². The molecule has 0 saturated heterocycles. The highest BCUT2D eigenvalue weighted by atomic mass is 32.2. The first-order chi connectivity index (χ1) is 9.79. The molecule has 0 radical (unpaired) electrons. The van der Waals surface area contributed by atoms with Crippen LogP contribution < -0.4 is 10.6 Å². The smallest absolute Gasteiger partial charge is 0.388 e. The minimum atomic E-state index is -4.54. The molecule has 1 aromatic carbocycles. The highest BCUT2D eigenvalue weighted by Crippen LogP contribution is 2.35. The summed E-state index contributed by atoms with van der Waals surface area (Å²) in [4.78, 5) is 11.8. The second kappa shape index (κ2) is 7.44. The van der Waals surface area contributed by atoms with Gasteiger partial charge in [-0.25, -0.2) is 0 Å². The second-order valence-corrected chi connectivity index (χ2v) is 6.06. The number of alkyl halides is 3. The molecule has 21 heavy (non-hydrogen) atoms. The highest BCUT2D eigenvalue weighted by Gasteiger charge is 2.34. The fourth-order valence-corrected chi connectivity index (χ4v) is 2.28. The largest absolute Gasteiger partial charge is 0.418 e. The van der Waals surface area contributed by atoms with Crippen LogP contribution >= 0.6 is 0 Å². The van der Waals surface area contributed by atoms with Crippen LogP contribution in [-0.4, -0.2) is 35.2 Å². The molecule has 1 aromatic rings. The standard InChI is InChI=1S/C13H17F3N2O2S/c1-3-21(20)7-6-18-12(19)9-4-5-11(17-2)10(8-9)13(14,15)16/h4-5,8,17H,3,6-7H2,1-2H3,(H,18,19). The van der Waals surface area contributed by atoms with Crippen molar-refractivity contribution in [3.63, 3.8) is 0 Å². The summed E-state index contributed by atoms with van der Waals surface area (Å²) in [6.45, 7) is 1.92. The predicted octanol–water partition coefficient (Wildman–Crippen LogP) is 2.25. The third-order valence-corrected chi connectivity index (χ3v) is 4.10. The quantitative estimate of drug-likeness (QED) is 0.844. The molecule has 1 atom stereocenters. The van der Waals surface area contributed by atoms with Gasteiger partial charge in [0.1, 0.15) is 0 Å². The van der Waals surface area contributed by atoms with Crippen molar-refractivity contribution in [2.24, 2.45) is 0 Å². The number of amides is 1. The topological polar surface area (TPSA) is 58.2 Å². The SMILES string of the molecule is CCS(=O)CCNC(=O)c1ccc(NC)c(C(F)(F)F)c1. The van der Waals surface area contributed by atoms with E-state index in [1.165, 1.54) is 19.2 Å². The van der Waals surface area contributed by atoms with E-state index >= 15 is 0 Å². The zero-order valence-electron chi connectivity index (χ0n) is 11.7. The van der Waals surface area contributed by atoms with E-state index in [1.54, 1.807) is 6.92 Å². The summed E-state index contributed by atoms with van der Waals surface area (Å²) in [5, 5.41) is 4.90. The van der Waals surface area contributed by atoms with Gasteiger partial charge in [-0.3, -0.25) is 9.00 Å². The lowest BCUT2D eigenvalue weighted by Crippen LogP contribution is -2.28. The number of hydrogen-bond donors (Lipinski definition) is 2. The van der Waals surface area contributed by atoms with Gasteiger partial charge in [-0.1, -0.05) is 6.92 Å². The van der Waals surface area contributed by atoms with Crippen molar-refractivity contribution in [2.75, 3.05) is 30.4 Å². The van der Waals surface area contributed by atoms with Crippen molar-refractivity contribution in [2.45, 2.75) is 13.1 Å². The Bertz CT molecular complexity index is 533. The third-order valence-electron chi connectivity index (χ3n) is 2.79. The fourth-order valence-electron chi connectivity index (χ4n) is 1.66. The van der Waals surface area contributed by atoms with E-state index in [0.717, 1.165) is 6.07 Å². The minimum Gasteiger partial charge on any atom is -0.388 e. The number of anilines is 1. The van der Waals surface area contributed by atoms with E-state index in [1.807, 2.05) is 0 Å². The number of carbonyl (C=O) groups is 1. The first-order valence-corrected chi connectivity index (χ1v) is 7.80. The summed E-state index contributed by atoms with van der Waals surface area (Å²) < 4.78 is 49.8. The van der Waals surface area contributed by atoms with E-state index in [4.69, 9.17) is 0 Å². The normalized spacial score (nSPS) is 12.8. The van der Waals surface area contributed by atoms with Gasteiger partial charge in [0.15, 0.2) is 0 Å². The molecular weight excluding hydrogens is 305 g/mol. The van der Waals surface area contributed by atoms with Gasteiger partial charge in [-0.05, 0) is 18.2 Å². The lowest BCUT2D eigenvalue weighted by atomic mass is 10.1. The minimum absolute atomic E-state index is 0.0800. The van der Waals surface area contributed by atoms with E-state index in [9.17, 15) is 22.2 Å². The van der Waals surface area contributed by atoms with Crippen LogP contribution in [0.3, 0.4) is 0 Å². The van der Waals surface area contributed by atoms with Gasteiger partial charge in [0.2, 0.25) is 0 Å². The number of hydrogen-bond acceptors (Lipinski definition) is 3. The Morgan fingerprint density at radius 2 is 2.00 bits per heavy atom. The molecule has 8 heteroatoms. The maximum Gasteiger partial charge on any atom is 0.418 e. The Balaban J connectivity index is 2.84. The summed E-state index contributed by atoms with van der Waals surface area (Å²) in [6.07, 6.45) is -4.54. The molecule has 0 fully saturated rings. The molecule has 0 saturated carbocycles. The lowest BCUT2D eigenvalue weighted by molar-refractivity contribution is -0.136. The van der Waals surface area contributed by atoms with Gasteiger partial charge in [-0.2, -0.15) is 13.2 Å². The van der Waals surface area contributed by atoms with Crippen molar-refractivity contribution in [3.05, 3.63) is 29.3 Å². The predicted molar refractivity (Wildman–Crippen MR) is 76.9 cm³/mol. The number of rotatable bonds is 6. The summed E-state index contributed by atoms with van der Waals surface area (Å²) in [5.74, 6) is 0.143. The number of halogens is 3. The summed E-state index contributed by atoms with van der Waals surface area (Å²) >= 11 is 0. The van der Waals surface area contributed by atoms with Crippen LogP contribution in [0.15, 0.2) is 18.2 Å². The second-order valence-electron chi connectivity index (χ2n) is 4.20. The van der Waals surface area contributed by atoms with E-state index in [-0.39, 0.29) is 23.5 Å². The Hall–Kier alpha value is -1.57. The Morgan fingerprint density at radius 3 is 2.52 bits per heavy atom. The molecule has 0 aliphatic heterocycles. The van der Waals surface area contributed by atoms with Crippen LogP contribution in [0.1, 0.15) is 22.8 Å². The maximum absolute atomic E-state index is 12.9. The first-order valence-electron chi connectivity index (χ1n) is 6.31. The van der Waals surface area contributed by atoms with Crippen molar-refractivity contribution < 1.29 is 22.2 Å². The summed E-state index contributed by atoms with van der Waals surface area (Å²) in [5.41, 5.74) is -1.07. The van der Waals surface area contributed by atoms with Gasteiger partial charge < -0.3 is 10.6 Å². The lowest BCUT2D eigenvalue weighted by Gasteiger charge is -2.14. The molecule has 0 aromatic heterocycles. The molecule has 2 N–H and O–H groups in total. The first kappa shape index (κ1) is 17.5. The third kappa shape index (κ3) is 5.04. The molecule has 118 valence electrons. The molecule has 1 unspecified atom stereocenters. The van der Waals surface area contributed by atoms with Gasteiger partial charge in [0, 0.05) is 47.1 Å². The molecule has 4 nitrogen and oxygen atoms in total. The van der Waals surface area contributed by atoms with Crippen molar-refractivity contribution in [1.29, 1.82) is 0 Å². The van der Waals surface area contributed by atoms with Crippen LogP contribution in [0.25, 0.3) is 0 Å². The zero-order chi connectivity index (χ0) is 16.0. The van der Waals surface area contributed by atoms with Gasteiger partial charge in [0.25, 0.3) is 5.91 Å². The highest BCUT2D eigenvalue weighted by molar-refractivity contribution is 7.84. The number of benzene rings is 1. The zero-order valence-corrected chi connectivity index (χ0v) is 12.5. The summed E-state index contributed by atoms with van der Waals surface area (Å²) in [6, 6.07) is 3.33. The number of carbonyl (C=O) groups excluding carboxylic acids is 1. The fraction of sp³-hybridized carbons (Fsp3) is 0.462. The number of nitrogens with one attached hydrogen (secondary N) is 2. The summed E-state index contributed by atoms with van der Waals surface area (Å²) in [7, 11) is 0.351. The average Bonchev–Trinajstić information content (AvgIpc) is 2.45. The maximum atomic E-state index is 12.9. The Labute approximate surface area is 123 Å². The Morgan fingerprint density at radius 1 is 1.33 bits per heavy atom. The van der Waals surface area contributed by atoms with Crippen LogP contribution in [0, 0.1) is 0 Å². The molecule has 0 spiro atoms. The van der Waals surface area contributed by atoms with Crippen LogP contribution in [-0.2, 0) is 17.0 Å². The molecule has 0 aliphatic rings. The van der Waals surface area contributed by atoms with Crippen molar-refractivity contribution in [3.8, 4) is 0 Å². The molecular formula is C13H17F3N2O2S. The molecule has 0 heterocycles.